The van der Waals surface area contributed by atoms with Crippen molar-refractivity contribution >= 4 is 35.1 Å². The van der Waals surface area contributed by atoms with Crippen LogP contribution in [0.15, 0.2) is 47.5 Å². The van der Waals surface area contributed by atoms with Crippen molar-refractivity contribution < 1.29 is 19.0 Å². The highest BCUT2D eigenvalue weighted by Crippen LogP contribution is 2.36. The number of ether oxygens (including phenoxy) is 3. The topological polar surface area (TPSA) is 57.1 Å². The third-order valence-electron chi connectivity index (χ3n) is 3.83. The highest BCUT2D eigenvalue weighted by Gasteiger charge is 2.39. The minimum atomic E-state index is -0.847. The Hall–Kier alpha value is -2.24. The number of hydrogen-bond donors (Lipinski definition) is 0. The van der Waals surface area contributed by atoms with Gasteiger partial charge in [-0.05, 0) is 36.4 Å². The maximum atomic E-state index is 12.2. The summed E-state index contributed by atoms with van der Waals surface area (Å²) >= 11 is 12.2. The zero-order valence-corrected chi connectivity index (χ0v) is 15.0. The SMILES string of the molecule is COC(=O)[C@@H]1N=C(c2ccc(OC)cc2)O[C@@H]1c1ccc(Cl)cc1Cl. The lowest BCUT2D eigenvalue weighted by Gasteiger charge is -2.18. The van der Waals surface area contributed by atoms with Crippen LogP contribution in [0.4, 0.5) is 0 Å². The third kappa shape index (κ3) is 3.57. The number of methoxy groups -OCH3 is 2. The summed E-state index contributed by atoms with van der Waals surface area (Å²) in [4.78, 5) is 16.5. The zero-order chi connectivity index (χ0) is 18.0. The van der Waals surface area contributed by atoms with Crippen LogP contribution in [-0.2, 0) is 14.3 Å². The van der Waals surface area contributed by atoms with Gasteiger partial charge in [-0.25, -0.2) is 9.79 Å². The number of esters is 1. The maximum absolute atomic E-state index is 12.2. The van der Waals surface area contributed by atoms with Crippen LogP contribution in [0.5, 0.6) is 5.75 Å². The zero-order valence-electron chi connectivity index (χ0n) is 13.5. The fourth-order valence-corrected chi connectivity index (χ4v) is 3.06. The molecule has 0 aromatic heterocycles. The molecule has 3 rings (SSSR count). The van der Waals surface area contributed by atoms with Crippen LogP contribution in [0.3, 0.4) is 0 Å². The van der Waals surface area contributed by atoms with Gasteiger partial charge in [-0.2, -0.15) is 0 Å². The van der Waals surface area contributed by atoms with Gasteiger partial charge in [0.2, 0.25) is 5.90 Å². The molecule has 25 heavy (non-hydrogen) atoms. The minimum absolute atomic E-state index is 0.342. The fourth-order valence-electron chi connectivity index (χ4n) is 2.55. The molecule has 0 aliphatic carbocycles. The molecule has 0 radical (unpaired) electrons. The van der Waals surface area contributed by atoms with Crippen LogP contribution in [0.2, 0.25) is 10.0 Å². The van der Waals surface area contributed by atoms with Crippen molar-refractivity contribution in [3.05, 3.63) is 63.6 Å². The van der Waals surface area contributed by atoms with Crippen LogP contribution in [0.1, 0.15) is 17.2 Å². The molecule has 1 aliphatic heterocycles. The maximum Gasteiger partial charge on any atom is 0.335 e. The number of hydrogen-bond acceptors (Lipinski definition) is 5. The Kier molecular flexibility index (Phi) is 5.16. The first-order valence-corrected chi connectivity index (χ1v) is 8.20. The van der Waals surface area contributed by atoms with Crippen LogP contribution in [0, 0.1) is 0 Å². The molecule has 0 fully saturated rings. The Balaban J connectivity index is 1.96. The molecule has 2 atom stereocenters. The molecule has 2 aromatic carbocycles. The van der Waals surface area contributed by atoms with E-state index in [4.69, 9.17) is 37.4 Å². The summed E-state index contributed by atoms with van der Waals surface area (Å²) in [7, 11) is 2.90. The monoisotopic (exact) mass is 379 g/mol. The van der Waals surface area contributed by atoms with E-state index in [1.54, 1.807) is 49.6 Å². The summed E-state index contributed by atoms with van der Waals surface area (Å²) in [5.41, 5.74) is 1.34. The predicted octanol–water partition coefficient (Wildman–Crippen LogP) is 4.06. The Bertz CT molecular complexity index is 820. The smallest absolute Gasteiger partial charge is 0.335 e. The Morgan fingerprint density at radius 3 is 2.44 bits per heavy atom. The van der Waals surface area contributed by atoms with E-state index in [1.165, 1.54) is 7.11 Å². The van der Waals surface area contributed by atoms with Crippen molar-refractivity contribution in [1.82, 2.24) is 0 Å². The van der Waals surface area contributed by atoms with E-state index in [9.17, 15) is 4.79 Å². The van der Waals surface area contributed by atoms with E-state index < -0.39 is 18.1 Å². The predicted molar refractivity (Wildman–Crippen MR) is 95.6 cm³/mol. The lowest BCUT2D eigenvalue weighted by atomic mass is 10.0. The third-order valence-corrected chi connectivity index (χ3v) is 4.39. The first-order chi connectivity index (χ1) is 12.0. The van der Waals surface area contributed by atoms with Gasteiger partial charge < -0.3 is 14.2 Å². The molecule has 0 unspecified atom stereocenters. The molecule has 0 spiro atoms. The van der Waals surface area contributed by atoms with E-state index in [-0.39, 0.29) is 0 Å². The van der Waals surface area contributed by atoms with Crippen LogP contribution in [-0.4, -0.2) is 32.1 Å². The Morgan fingerprint density at radius 2 is 1.84 bits per heavy atom. The normalized spacial score (nSPS) is 19.1. The van der Waals surface area contributed by atoms with E-state index >= 15 is 0 Å². The molecule has 0 N–H and O–H groups in total. The lowest BCUT2D eigenvalue weighted by Crippen LogP contribution is -2.25. The Labute approximate surface area is 155 Å². The average molecular weight is 380 g/mol. The summed E-state index contributed by atoms with van der Waals surface area (Å²) in [5.74, 6) is 0.553. The number of halogens is 2. The summed E-state index contributed by atoms with van der Waals surface area (Å²) < 4.78 is 15.9. The standard InChI is InChI=1S/C18H15Cl2NO4/c1-23-12-6-3-10(4-7-12)17-21-15(18(22)24-2)16(25-17)13-8-5-11(19)9-14(13)20/h3-9,15-16H,1-2H3/t15-,16-/m1/s1. The van der Waals surface area contributed by atoms with E-state index in [1.807, 2.05) is 0 Å². The van der Waals surface area contributed by atoms with Gasteiger partial charge in [0.25, 0.3) is 0 Å². The number of benzene rings is 2. The first kappa shape index (κ1) is 17.6. The molecule has 2 aromatic rings. The summed E-state index contributed by atoms with van der Waals surface area (Å²) in [6.07, 6.45) is -0.686. The molecule has 0 saturated carbocycles. The van der Waals surface area contributed by atoms with E-state index in [0.717, 1.165) is 5.56 Å². The number of rotatable bonds is 4. The minimum Gasteiger partial charge on any atom is -0.497 e. The molecular weight excluding hydrogens is 365 g/mol. The molecule has 7 heteroatoms. The van der Waals surface area contributed by atoms with Crippen LogP contribution < -0.4 is 4.74 Å². The summed E-state index contributed by atoms with van der Waals surface area (Å²) in [5, 5.41) is 0.898. The average Bonchev–Trinajstić information content (AvgIpc) is 3.06. The number of nitrogens with zero attached hydrogens (tertiary/aromatic N) is 1. The van der Waals surface area contributed by atoms with E-state index in [2.05, 4.69) is 4.99 Å². The van der Waals surface area contributed by atoms with Gasteiger partial charge in [-0.3, -0.25) is 0 Å². The molecule has 130 valence electrons. The number of carbonyl (C=O) groups is 1. The Morgan fingerprint density at radius 1 is 1.12 bits per heavy atom. The van der Waals surface area contributed by atoms with Gasteiger partial charge in [0.05, 0.1) is 14.2 Å². The highest BCUT2D eigenvalue weighted by molar-refractivity contribution is 6.35. The van der Waals surface area contributed by atoms with Crippen molar-refractivity contribution in [3.8, 4) is 5.75 Å². The number of carbonyl (C=O) groups excluding carboxylic acids is 1. The van der Waals surface area contributed by atoms with E-state index in [0.29, 0.717) is 27.3 Å². The molecule has 0 saturated heterocycles. The van der Waals surface area contributed by atoms with Gasteiger partial charge in [-0.1, -0.05) is 29.3 Å². The fraction of sp³-hybridized carbons (Fsp3) is 0.222. The molecule has 0 amide bonds. The molecular formula is C18H15Cl2NO4. The molecule has 5 nitrogen and oxygen atoms in total. The van der Waals surface area contributed by atoms with Gasteiger partial charge in [0, 0.05) is 21.2 Å². The lowest BCUT2D eigenvalue weighted by molar-refractivity contribution is -0.143. The quantitative estimate of drug-likeness (QED) is 0.751. The molecule has 1 heterocycles. The van der Waals surface area contributed by atoms with Gasteiger partial charge in [-0.15, -0.1) is 0 Å². The number of aliphatic imine (C=N–C) groups is 1. The van der Waals surface area contributed by atoms with Crippen molar-refractivity contribution in [2.75, 3.05) is 14.2 Å². The second kappa shape index (κ2) is 7.33. The first-order valence-electron chi connectivity index (χ1n) is 7.45. The van der Waals surface area contributed by atoms with Crippen LogP contribution >= 0.6 is 23.2 Å². The largest absolute Gasteiger partial charge is 0.497 e. The van der Waals surface area contributed by atoms with Crippen molar-refractivity contribution in [1.29, 1.82) is 0 Å². The highest BCUT2D eigenvalue weighted by atomic mass is 35.5. The summed E-state index contributed by atoms with van der Waals surface area (Å²) in [6, 6.07) is 11.3. The van der Waals surface area contributed by atoms with Crippen molar-refractivity contribution in [2.45, 2.75) is 12.1 Å². The second-order valence-electron chi connectivity index (χ2n) is 5.34. The molecule has 1 aliphatic rings. The van der Waals surface area contributed by atoms with Crippen molar-refractivity contribution in [2.24, 2.45) is 4.99 Å². The van der Waals surface area contributed by atoms with Gasteiger partial charge in [0.15, 0.2) is 12.1 Å². The molecule has 0 bridgehead atoms. The second-order valence-corrected chi connectivity index (χ2v) is 6.18. The van der Waals surface area contributed by atoms with Crippen LogP contribution in [0.25, 0.3) is 0 Å². The summed E-state index contributed by atoms with van der Waals surface area (Å²) in [6.45, 7) is 0. The van der Waals surface area contributed by atoms with Gasteiger partial charge >= 0.3 is 5.97 Å². The van der Waals surface area contributed by atoms with Gasteiger partial charge in [0.1, 0.15) is 5.75 Å². The van der Waals surface area contributed by atoms with Crippen molar-refractivity contribution in [3.63, 3.8) is 0 Å².